The Morgan fingerprint density at radius 2 is 1.07 bits per heavy atom. The molecule has 4 unspecified atom stereocenters. The maximum atomic E-state index is 14.4. The molecule has 2 aliphatic heterocycles. The molecule has 228 valence electrons. The van der Waals surface area contributed by atoms with E-state index in [-0.39, 0.29) is 5.57 Å². The molecule has 3 aliphatic carbocycles. The highest BCUT2D eigenvalue weighted by molar-refractivity contribution is 6.27. The standard InChI is InChI=1S/C35H30N2O8/c1-18-24-25-28(32(40)36(30(25)38)19-10-14-21(43-3)15-11-19)35(2,27(18)34(42)45-23-8-6-5-7-9-23)29-26(24)31(39)37(33(29)41)20-12-16-22(44-4)17-13-20/h5-17,24-26,28-29H,1-4H3. The SMILES string of the molecule is COc1ccc(N2C(=O)C3C4C(C)=C(C(=O)Oc5ccccc5)C(C)(C3C2=O)C2C(=O)N(c3ccc(OC)cc3)C(=O)C42)cc1. The van der Waals surface area contributed by atoms with Crippen LogP contribution in [0.2, 0.25) is 0 Å². The quantitative estimate of drug-likeness (QED) is 0.233. The Bertz CT molecular complexity index is 1710. The van der Waals surface area contributed by atoms with E-state index in [0.717, 1.165) is 9.80 Å². The maximum Gasteiger partial charge on any atom is 0.339 e. The van der Waals surface area contributed by atoms with Gasteiger partial charge in [0.2, 0.25) is 23.6 Å². The minimum absolute atomic E-state index is 0.161. The molecule has 0 radical (unpaired) electrons. The van der Waals surface area contributed by atoms with Gasteiger partial charge in [-0.2, -0.15) is 0 Å². The second-order valence-electron chi connectivity index (χ2n) is 12.0. The van der Waals surface area contributed by atoms with E-state index in [0.29, 0.717) is 34.2 Å². The number of carbonyl (C=O) groups excluding carboxylic acids is 5. The summed E-state index contributed by atoms with van der Waals surface area (Å²) < 4.78 is 16.3. The number of para-hydroxylation sites is 1. The Labute approximate surface area is 259 Å². The van der Waals surface area contributed by atoms with Gasteiger partial charge in [-0.1, -0.05) is 30.7 Å². The summed E-state index contributed by atoms with van der Waals surface area (Å²) in [6.07, 6.45) is 0. The van der Waals surface area contributed by atoms with E-state index < -0.39 is 64.6 Å². The first-order chi connectivity index (χ1) is 21.6. The molecule has 2 heterocycles. The fraction of sp³-hybridized carbons (Fsp3) is 0.286. The van der Waals surface area contributed by atoms with Crippen molar-refractivity contribution in [3.05, 3.63) is 90.0 Å². The van der Waals surface area contributed by atoms with Crippen LogP contribution in [0.3, 0.4) is 0 Å². The first-order valence-corrected chi connectivity index (χ1v) is 14.7. The van der Waals surface area contributed by atoms with Gasteiger partial charge >= 0.3 is 5.97 Å². The van der Waals surface area contributed by atoms with Gasteiger partial charge in [-0.3, -0.25) is 29.0 Å². The summed E-state index contributed by atoms with van der Waals surface area (Å²) in [7, 11) is 3.03. The van der Waals surface area contributed by atoms with Crippen molar-refractivity contribution in [2.75, 3.05) is 24.0 Å². The van der Waals surface area contributed by atoms with Crippen LogP contribution in [-0.2, 0) is 24.0 Å². The van der Waals surface area contributed by atoms with Crippen LogP contribution in [0.1, 0.15) is 13.8 Å². The second kappa shape index (κ2) is 10.2. The average Bonchev–Trinajstić information content (AvgIpc) is 3.47. The van der Waals surface area contributed by atoms with Crippen LogP contribution in [0.4, 0.5) is 11.4 Å². The summed E-state index contributed by atoms with van der Waals surface area (Å²) >= 11 is 0. The monoisotopic (exact) mass is 606 g/mol. The zero-order valence-electron chi connectivity index (χ0n) is 25.1. The van der Waals surface area contributed by atoms with Crippen LogP contribution in [0.15, 0.2) is 90.0 Å². The number of imide groups is 2. The number of carbonyl (C=O) groups is 5. The Balaban J connectivity index is 1.37. The lowest BCUT2D eigenvalue weighted by atomic mass is 9.43. The molecule has 2 saturated heterocycles. The molecule has 5 aliphatic rings. The summed E-state index contributed by atoms with van der Waals surface area (Å²) in [5.74, 6) is -6.24. The summed E-state index contributed by atoms with van der Waals surface area (Å²) in [5, 5.41) is 0. The van der Waals surface area contributed by atoms with Crippen LogP contribution in [-0.4, -0.2) is 43.8 Å². The normalized spacial score (nSPS) is 28.4. The Morgan fingerprint density at radius 3 is 1.49 bits per heavy atom. The van der Waals surface area contributed by atoms with Crippen molar-refractivity contribution in [3.8, 4) is 17.2 Å². The number of benzene rings is 3. The van der Waals surface area contributed by atoms with Crippen LogP contribution in [0.25, 0.3) is 0 Å². The number of anilines is 2. The molecule has 0 N–H and O–H groups in total. The van der Waals surface area contributed by atoms with Crippen molar-refractivity contribution >= 4 is 41.0 Å². The lowest BCUT2D eigenvalue weighted by Gasteiger charge is -2.55. The molecule has 0 spiro atoms. The molecule has 4 atom stereocenters. The van der Waals surface area contributed by atoms with Crippen molar-refractivity contribution in [1.29, 1.82) is 0 Å². The third-order valence-corrected chi connectivity index (χ3v) is 10.0. The molecular formula is C35H30N2O8. The predicted octanol–water partition coefficient (Wildman–Crippen LogP) is 4.19. The summed E-state index contributed by atoms with van der Waals surface area (Å²) in [6.45, 7) is 3.37. The van der Waals surface area contributed by atoms with E-state index in [4.69, 9.17) is 14.2 Å². The van der Waals surface area contributed by atoms with Crippen LogP contribution < -0.4 is 24.0 Å². The lowest BCUT2D eigenvalue weighted by Crippen LogP contribution is -2.61. The molecule has 1 saturated carbocycles. The number of amides is 4. The third-order valence-electron chi connectivity index (χ3n) is 10.0. The highest BCUT2D eigenvalue weighted by Crippen LogP contribution is 2.68. The van der Waals surface area contributed by atoms with Crippen LogP contribution in [0, 0.1) is 35.0 Å². The van der Waals surface area contributed by atoms with Gasteiger partial charge in [-0.05, 0) is 67.6 Å². The number of hydrogen-bond donors (Lipinski definition) is 0. The topological polar surface area (TPSA) is 120 Å². The van der Waals surface area contributed by atoms with Crippen molar-refractivity contribution in [2.45, 2.75) is 13.8 Å². The van der Waals surface area contributed by atoms with Gasteiger partial charge in [0.05, 0.1) is 49.3 Å². The van der Waals surface area contributed by atoms with Gasteiger partial charge in [0, 0.05) is 16.9 Å². The van der Waals surface area contributed by atoms with E-state index in [2.05, 4.69) is 0 Å². The van der Waals surface area contributed by atoms with E-state index in [1.54, 1.807) is 92.7 Å². The first kappa shape index (κ1) is 28.5. The molecule has 0 aromatic heterocycles. The molecule has 4 amide bonds. The van der Waals surface area contributed by atoms with Gasteiger partial charge in [0.1, 0.15) is 17.2 Å². The summed E-state index contributed by atoms with van der Waals surface area (Å²) in [6, 6.07) is 21.6. The van der Waals surface area contributed by atoms with Crippen molar-refractivity contribution in [3.63, 3.8) is 0 Å². The fourth-order valence-electron chi connectivity index (χ4n) is 8.22. The van der Waals surface area contributed by atoms with Gasteiger partial charge < -0.3 is 14.2 Å². The van der Waals surface area contributed by atoms with E-state index in [1.165, 1.54) is 14.2 Å². The number of ether oxygens (including phenoxy) is 3. The van der Waals surface area contributed by atoms with Gasteiger partial charge in [-0.25, -0.2) is 4.79 Å². The Kier molecular flexibility index (Phi) is 6.43. The largest absolute Gasteiger partial charge is 0.497 e. The van der Waals surface area contributed by atoms with Gasteiger partial charge in [0.25, 0.3) is 0 Å². The molecule has 2 bridgehead atoms. The number of methoxy groups -OCH3 is 2. The number of allylic oxidation sites excluding steroid dienone is 1. The van der Waals surface area contributed by atoms with Crippen LogP contribution in [0.5, 0.6) is 17.2 Å². The van der Waals surface area contributed by atoms with Gasteiger partial charge in [0.15, 0.2) is 0 Å². The smallest absolute Gasteiger partial charge is 0.339 e. The summed E-state index contributed by atoms with van der Waals surface area (Å²) in [5.41, 5.74) is -0.193. The third kappa shape index (κ3) is 3.84. The number of nitrogens with zero attached hydrogens (tertiary/aromatic N) is 2. The number of hydrogen-bond acceptors (Lipinski definition) is 8. The van der Waals surface area contributed by atoms with Crippen molar-refractivity contribution in [1.82, 2.24) is 0 Å². The summed E-state index contributed by atoms with van der Waals surface area (Å²) in [4.78, 5) is 73.6. The zero-order chi connectivity index (χ0) is 31.8. The minimum Gasteiger partial charge on any atom is -0.497 e. The van der Waals surface area contributed by atoms with Crippen LogP contribution >= 0.6 is 0 Å². The van der Waals surface area contributed by atoms with E-state index >= 15 is 0 Å². The maximum absolute atomic E-state index is 14.4. The van der Waals surface area contributed by atoms with Crippen molar-refractivity contribution < 1.29 is 38.2 Å². The number of esters is 1. The molecule has 3 aromatic carbocycles. The van der Waals surface area contributed by atoms with E-state index in [9.17, 15) is 24.0 Å². The fourth-order valence-corrected chi connectivity index (χ4v) is 8.22. The first-order valence-electron chi connectivity index (χ1n) is 14.7. The van der Waals surface area contributed by atoms with Gasteiger partial charge in [-0.15, -0.1) is 0 Å². The predicted molar refractivity (Wildman–Crippen MR) is 161 cm³/mol. The Hall–Kier alpha value is -5.25. The average molecular weight is 607 g/mol. The minimum atomic E-state index is -1.53. The highest BCUT2D eigenvalue weighted by atomic mass is 16.5. The Morgan fingerprint density at radius 1 is 0.622 bits per heavy atom. The molecule has 3 fully saturated rings. The molecule has 45 heavy (non-hydrogen) atoms. The van der Waals surface area contributed by atoms with Crippen molar-refractivity contribution in [2.24, 2.45) is 35.0 Å². The molecule has 3 aromatic rings. The zero-order valence-corrected chi connectivity index (χ0v) is 25.1. The molecule has 10 nitrogen and oxygen atoms in total. The molecule has 10 heteroatoms. The van der Waals surface area contributed by atoms with E-state index in [1.807, 2.05) is 0 Å². The molecular weight excluding hydrogens is 576 g/mol. The highest BCUT2D eigenvalue weighted by Gasteiger charge is 2.77. The number of rotatable bonds is 6. The molecule has 8 rings (SSSR count). The lowest BCUT2D eigenvalue weighted by molar-refractivity contribution is -0.152. The second-order valence-corrected chi connectivity index (χ2v) is 12.0.